The number of ether oxygens (including phenoxy) is 4. The van der Waals surface area contributed by atoms with Gasteiger partial charge in [-0.1, -0.05) is 11.6 Å². The van der Waals surface area contributed by atoms with E-state index in [4.69, 9.17) is 30.5 Å². The number of methoxy groups -OCH3 is 2. The van der Waals surface area contributed by atoms with E-state index in [1.807, 2.05) is 0 Å². The maximum absolute atomic E-state index is 12.5. The molecule has 0 saturated carbocycles. The number of fused-ring (bicyclic) bond motifs is 1. The van der Waals surface area contributed by atoms with E-state index >= 15 is 0 Å². The molecular formula is C17H16ClNO5. The van der Waals surface area contributed by atoms with E-state index in [9.17, 15) is 4.79 Å². The van der Waals surface area contributed by atoms with Crippen LogP contribution in [0.15, 0.2) is 30.3 Å². The maximum Gasteiger partial charge on any atom is 0.255 e. The van der Waals surface area contributed by atoms with Gasteiger partial charge in [0, 0.05) is 11.3 Å². The summed E-state index contributed by atoms with van der Waals surface area (Å²) in [5, 5.41) is 3.19. The van der Waals surface area contributed by atoms with E-state index in [0.717, 1.165) is 0 Å². The molecule has 24 heavy (non-hydrogen) atoms. The molecule has 0 unspecified atom stereocenters. The van der Waals surface area contributed by atoms with E-state index in [-0.39, 0.29) is 5.91 Å². The van der Waals surface area contributed by atoms with Crippen molar-refractivity contribution < 1.29 is 23.7 Å². The van der Waals surface area contributed by atoms with Gasteiger partial charge in [0.1, 0.15) is 19.0 Å². The van der Waals surface area contributed by atoms with E-state index in [2.05, 4.69) is 5.32 Å². The molecule has 1 aliphatic heterocycles. The first-order valence-corrected chi connectivity index (χ1v) is 7.62. The second-order valence-electron chi connectivity index (χ2n) is 5.01. The van der Waals surface area contributed by atoms with Crippen molar-refractivity contribution in [2.45, 2.75) is 0 Å². The normalized spacial score (nSPS) is 12.5. The van der Waals surface area contributed by atoms with Crippen molar-refractivity contribution >= 4 is 23.2 Å². The fourth-order valence-corrected chi connectivity index (χ4v) is 2.61. The molecule has 1 aliphatic rings. The van der Waals surface area contributed by atoms with Gasteiger partial charge in [0.2, 0.25) is 5.75 Å². The minimum atomic E-state index is -0.313. The highest BCUT2D eigenvalue weighted by Gasteiger charge is 2.21. The number of carbonyl (C=O) groups excluding carboxylic acids is 1. The molecule has 126 valence electrons. The summed E-state index contributed by atoms with van der Waals surface area (Å²) < 4.78 is 21.4. The highest BCUT2D eigenvalue weighted by molar-refractivity contribution is 6.32. The number of hydrogen-bond acceptors (Lipinski definition) is 5. The standard InChI is InChI=1S/C17H16ClNO5/c1-21-13-4-3-11(9-12(13)18)19-17(20)10-7-14(22-2)16-15(8-10)23-5-6-24-16/h3-4,7-9H,5-6H2,1-2H3,(H,19,20). The Balaban J connectivity index is 1.86. The van der Waals surface area contributed by atoms with Crippen LogP contribution >= 0.6 is 11.6 Å². The second-order valence-corrected chi connectivity index (χ2v) is 5.41. The fraction of sp³-hybridized carbons (Fsp3) is 0.235. The molecule has 0 atom stereocenters. The average Bonchev–Trinajstić information content (AvgIpc) is 2.60. The summed E-state index contributed by atoms with van der Waals surface area (Å²) in [5.41, 5.74) is 0.947. The third-order valence-electron chi connectivity index (χ3n) is 3.50. The molecule has 0 aliphatic carbocycles. The van der Waals surface area contributed by atoms with E-state index < -0.39 is 0 Å². The van der Waals surface area contributed by atoms with E-state index in [1.165, 1.54) is 14.2 Å². The Hall–Kier alpha value is -2.60. The number of carbonyl (C=O) groups is 1. The van der Waals surface area contributed by atoms with Gasteiger partial charge >= 0.3 is 0 Å². The average molecular weight is 350 g/mol. The van der Waals surface area contributed by atoms with Crippen molar-refractivity contribution in [3.8, 4) is 23.0 Å². The monoisotopic (exact) mass is 349 g/mol. The Kier molecular flexibility index (Phi) is 4.66. The maximum atomic E-state index is 12.5. The first kappa shape index (κ1) is 16.3. The van der Waals surface area contributed by atoms with Crippen LogP contribution in [0, 0.1) is 0 Å². The molecule has 0 bridgehead atoms. The molecule has 0 saturated heterocycles. The van der Waals surface area contributed by atoms with Crippen LogP contribution in [-0.4, -0.2) is 33.3 Å². The van der Waals surface area contributed by atoms with Gasteiger partial charge in [-0.3, -0.25) is 4.79 Å². The van der Waals surface area contributed by atoms with Crippen LogP contribution in [0.3, 0.4) is 0 Å². The molecule has 1 amide bonds. The van der Waals surface area contributed by atoms with Gasteiger partial charge in [-0.15, -0.1) is 0 Å². The molecule has 0 aromatic heterocycles. The molecule has 7 heteroatoms. The highest BCUT2D eigenvalue weighted by Crippen LogP contribution is 2.40. The molecule has 0 radical (unpaired) electrons. The molecule has 2 aromatic carbocycles. The van der Waals surface area contributed by atoms with Gasteiger partial charge in [0.25, 0.3) is 5.91 Å². The summed E-state index contributed by atoms with van der Waals surface area (Å²) in [7, 11) is 3.04. The minimum Gasteiger partial charge on any atom is -0.495 e. The largest absolute Gasteiger partial charge is 0.495 e. The number of halogens is 1. The molecule has 3 rings (SSSR count). The SMILES string of the molecule is COc1ccc(NC(=O)c2cc(OC)c3c(c2)OCCO3)cc1Cl. The zero-order valence-corrected chi connectivity index (χ0v) is 14.0. The quantitative estimate of drug-likeness (QED) is 0.916. The second kappa shape index (κ2) is 6.88. The Labute approximate surface area is 144 Å². The zero-order chi connectivity index (χ0) is 17.1. The lowest BCUT2D eigenvalue weighted by Crippen LogP contribution is -2.18. The summed E-state index contributed by atoms with van der Waals surface area (Å²) in [6.45, 7) is 0.870. The van der Waals surface area contributed by atoms with Crippen LogP contribution in [0.5, 0.6) is 23.0 Å². The Morgan fingerprint density at radius 2 is 1.83 bits per heavy atom. The number of anilines is 1. The number of rotatable bonds is 4. The van der Waals surface area contributed by atoms with Crippen LogP contribution in [0.1, 0.15) is 10.4 Å². The summed E-state index contributed by atoms with van der Waals surface area (Å²) in [6.07, 6.45) is 0. The van der Waals surface area contributed by atoms with Gasteiger partial charge in [-0.25, -0.2) is 0 Å². The van der Waals surface area contributed by atoms with Crippen LogP contribution < -0.4 is 24.3 Å². The molecular weight excluding hydrogens is 334 g/mol. The number of nitrogens with one attached hydrogen (secondary N) is 1. The molecule has 0 fully saturated rings. The van der Waals surface area contributed by atoms with Crippen LogP contribution in [0.25, 0.3) is 0 Å². The molecule has 1 heterocycles. The van der Waals surface area contributed by atoms with Crippen LogP contribution in [0.2, 0.25) is 5.02 Å². The van der Waals surface area contributed by atoms with Gasteiger partial charge in [0.05, 0.1) is 19.2 Å². The van der Waals surface area contributed by atoms with Gasteiger partial charge in [0.15, 0.2) is 11.5 Å². The smallest absolute Gasteiger partial charge is 0.255 e. The minimum absolute atomic E-state index is 0.313. The fourth-order valence-electron chi connectivity index (χ4n) is 2.35. The van der Waals surface area contributed by atoms with Gasteiger partial charge in [-0.05, 0) is 30.3 Å². The Bertz CT molecular complexity index is 761. The Morgan fingerprint density at radius 3 is 2.54 bits per heavy atom. The number of hydrogen-bond donors (Lipinski definition) is 1. The topological polar surface area (TPSA) is 66.0 Å². The molecule has 6 nitrogen and oxygen atoms in total. The highest BCUT2D eigenvalue weighted by atomic mass is 35.5. The third kappa shape index (κ3) is 3.19. The first-order valence-electron chi connectivity index (χ1n) is 7.25. The third-order valence-corrected chi connectivity index (χ3v) is 3.80. The summed E-state index contributed by atoms with van der Waals surface area (Å²) >= 11 is 6.07. The van der Waals surface area contributed by atoms with Crippen LogP contribution in [0.4, 0.5) is 5.69 Å². The number of benzene rings is 2. The molecule has 1 N–H and O–H groups in total. The lowest BCUT2D eigenvalue weighted by molar-refractivity contribution is 0.102. The lowest BCUT2D eigenvalue weighted by Gasteiger charge is -2.21. The van der Waals surface area contributed by atoms with Crippen molar-refractivity contribution in [2.24, 2.45) is 0 Å². The van der Waals surface area contributed by atoms with Gasteiger partial charge in [-0.2, -0.15) is 0 Å². The molecule has 2 aromatic rings. The number of amides is 1. The van der Waals surface area contributed by atoms with Gasteiger partial charge < -0.3 is 24.3 Å². The predicted molar refractivity (Wildman–Crippen MR) is 89.9 cm³/mol. The van der Waals surface area contributed by atoms with E-state index in [1.54, 1.807) is 30.3 Å². The Morgan fingerprint density at radius 1 is 1.08 bits per heavy atom. The first-order chi connectivity index (χ1) is 11.6. The lowest BCUT2D eigenvalue weighted by atomic mass is 10.1. The van der Waals surface area contributed by atoms with Crippen LogP contribution in [-0.2, 0) is 0 Å². The van der Waals surface area contributed by atoms with Crippen molar-refractivity contribution in [2.75, 3.05) is 32.8 Å². The summed E-state index contributed by atoms with van der Waals surface area (Å²) in [4.78, 5) is 12.5. The van der Waals surface area contributed by atoms with Crippen molar-refractivity contribution in [3.05, 3.63) is 40.9 Å². The van der Waals surface area contributed by atoms with Crippen molar-refractivity contribution in [1.29, 1.82) is 0 Å². The predicted octanol–water partition coefficient (Wildman–Crippen LogP) is 3.38. The van der Waals surface area contributed by atoms with E-state index in [0.29, 0.717) is 52.5 Å². The summed E-state index contributed by atoms with van der Waals surface area (Å²) in [5.74, 6) is 1.67. The van der Waals surface area contributed by atoms with Crippen molar-refractivity contribution in [1.82, 2.24) is 0 Å². The molecule has 0 spiro atoms. The zero-order valence-electron chi connectivity index (χ0n) is 13.2. The van der Waals surface area contributed by atoms with Crippen molar-refractivity contribution in [3.63, 3.8) is 0 Å². The summed E-state index contributed by atoms with van der Waals surface area (Å²) in [6, 6.07) is 8.24.